The molecule has 6 nitrogen and oxygen atoms in total. The van der Waals surface area contributed by atoms with E-state index in [1.165, 1.54) is 12.1 Å². The Morgan fingerprint density at radius 3 is 2.59 bits per heavy atom. The van der Waals surface area contributed by atoms with Crippen LogP contribution in [0.25, 0.3) is 11.5 Å². The first-order valence-corrected chi connectivity index (χ1v) is 8.20. The van der Waals surface area contributed by atoms with Gasteiger partial charge in [-0.3, -0.25) is 4.79 Å². The molecule has 0 atom stereocenters. The summed E-state index contributed by atoms with van der Waals surface area (Å²) >= 11 is 0. The molecule has 0 aliphatic carbocycles. The molecule has 0 saturated carbocycles. The molecule has 0 unspecified atom stereocenters. The fraction of sp³-hybridized carbons (Fsp3) is 0.150. The third-order valence-corrected chi connectivity index (χ3v) is 3.74. The average molecular weight is 368 g/mol. The predicted octanol–water partition coefficient (Wildman–Crippen LogP) is 3.89. The standard InChI is InChI=1S/C20H17FN2O4/c1-12-8-9-16(15(21)10-12)22-17(24)11-26-20(25)18-13(2)27-19(23-18)14-6-4-3-5-7-14/h3-10H,11H2,1-2H3,(H,22,24). The van der Waals surface area contributed by atoms with Gasteiger partial charge in [0.15, 0.2) is 12.3 Å². The number of amides is 1. The summed E-state index contributed by atoms with van der Waals surface area (Å²) in [5, 5.41) is 2.35. The summed E-state index contributed by atoms with van der Waals surface area (Å²) in [6.07, 6.45) is 0. The number of aromatic nitrogens is 1. The van der Waals surface area contributed by atoms with Crippen LogP contribution in [0.4, 0.5) is 10.1 Å². The third kappa shape index (κ3) is 4.38. The zero-order chi connectivity index (χ0) is 19.4. The molecular weight excluding hydrogens is 351 g/mol. The van der Waals surface area contributed by atoms with Crippen molar-refractivity contribution in [1.82, 2.24) is 4.98 Å². The van der Waals surface area contributed by atoms with E-state index >= 15 is 0 Å². The molecule has 3 aromatic rings. The largest absolute Gasteiger partial charge is 0.451 e. The molecule has 138 valence electrons. The van der Waals surface area contributed by atoms with Gasteiger partial charge in [-0.25, -0.2) is 14.2 Å². The molecule has 0 saturated heterocycles. The molecule has 0 bridgehead atoms. The molecule has 0 radical (unpaired) electrons. The lowest BCUT2D eigenvalue weighted by atomic mass is 10.2. The van der Waals surface area contributed by atoms with Gasteiger partial charge in [-0.15, -0.1) is 0 Å². The Balaban J connectivity index is 1.62. The van der Waals surface area contributed by atoms with Crippen molar-refractivity contribution in [3.63, 3.8) is 0 Å². The van der Waals surface area contributed by atoms with Crippen LogP contribution in [0.3, 0.4) is 0 Å². The van der Waals surface area contributed by atoms with E-state index in [9.17, 15) is 14.0 Å². The van der Waals surface area contributed by atoms with Crippen LogP contribution in [-0.4, -0.2) is 23.5 Å². The molecule has 27 heavy (non-hydrogen) atoms. The Kier molecular flexibility index (Phi) is 5.30. The van der Waals surface area contributed by atoms with E-state index in [1.807, 2.05) is 18.2 Å². The van der Waals surface area contributed by atoms with Crippen LogP contribution < -0.4 is 5.32 Å². The predicted molar refractivity (Wildman–Crippen MR) is 96.7 cm³/mol. The van der Waals surface area contributed by atoms with Gasteiger partial charge in [0.1, 0.15) is 11.6 Å². The monoisotopic (exact) mass is 368 g/mol. The molecule has 2 aromatic carbocycles. The zero-order valence-corrected chi connectivity index (χ0v) is 14.8. The van der Waals surface area contributed by atoms with Gasteiger partial charge >= 0.3 is 5.97 Å². The highest BCUT2D eigenvalue weighted by atomic mass is 19.1. The van der Waals surface area contributed by atoms with Gasteiger partial charge in [-0.2, -0.15) is 0 Å². The van der Waals surface area contributed by atoms with E-state index in [0.717, 1.165) is 5.56 Å². The number of rotatable bonds is 5. The molecule has 1 amide bonds. The van der Waals surface area contributed by atoms with Crippen LogP contribution in [0.15, 0.2) is 52.9 Å². The van der Waals surface area contributed by atoms with Crippen molar-refractivity contribution in [3.05, 3.63) is 71.4 Å². The topological polar surface area (TPSA) is 81.4 Å². The number of halogens is 1. The Hall–Kier alpha value is -3.48. The number of aryl methyl sites for hydroxylation is 2. The molecule has 1 aromatic heterocycles. The van der Waals surface area contributed by atoms with Crippen LogP contribution in [0.2, 0.25) is 0 Å². The van der Waals surface area contributed by atoms with Gasteiger partial charge in [0, 0.05) is 5.56 Å². The number of benzene rings is 2. The number of hydrogen-bond donors (Lipinski definition) is 1. The van der Waals surface area contributed by atoms with Crippen LogP contribution in [0, 0.1) is 19.7 Å². The Morgan fingerprint density at radius 2 is 1.89 bits per heavy atom. The fourth-order valence-corrected chi connectivity index (χ4v) is 2.40. The summed E-state index contributed by atoms with van der Waals surface area (Å²) in [5.74, 6) is -1.45. The van der Waals surface area contributed by atoms with E-state index in [-0.39, 0.29) is 23.0 Å². The van der Waals surface area contributed by atoms with Crippen LogP contribution in [0.5, 0.6) is 0 Å². The summed E-state index contributed by atoms with van der Waals surface area (Å²) in [5.41, 5.74) is 1.45. The summed E-state index contributed by atoms with van der Waals surface area (Å²) < 4.78 is 24.2. The molecule has 1 heterocycles. The molecule has 3 rings (SSSR count). The lowest BCUT2D eigenvalue weighted by molar-refractivity contribution is -0.119. The van der Waals surface area contributed by atoms with E-state index < -0.39 is 24.3 Å². The van der Waals surface area contributed by atoms with Crippen molar-refractivity contribution in [2.45, 2.75) is 13.8 Å². The van der Waals surface area contributed by atoms with Gasteiger partial charge in [0.25, 0.3) is 5.91 Å². The number of anilines is 1. The number of hydrogen-bond acceptors (Lipinski definition) is 5. The van der Waals surface area contributed by atoms with Gasteiger partial charge in [-0.05, 0) is 43.7 Å². The van der Waals surface area contributed by atoms with Crippen molar-refractivity contribution >= 4 is 17.6 Å². The quantitative estimate of drug-likeness (QED) is 0.691. The van der Waals surface area contributed by atoms with Gasteiger partial charge < -0.3 is 14.5 Å². The second-order valence-corrected chi connectivity index (χ2v) is 5.90. The minimum absolute atomic E-state index is 0.0110. The number of ether oxygens (including phenoxy) is 1. The fourth-order valence-electron chi connectivity index (χ4n) is 2.40. The van der Waals surface area contributed by atoms with Crippen molar-refractivity contribution in [3.8, 4) is 11.5 Å². The summed E-state index contributed by atoms with van der Waals surface area (Å²) in [7, 11) is 0. The Morgan fingerprint density at radius 1 is 1.15 bits per heavy atom. The molecule has 0 aliphatic heterocycles. The van der Waals surface area contributed by atoms with Crippen LogP contribution in [-0.2, 0) is 9.53 Å². The van der Waals surface area contributed by atoms with Crippen LogP contribution >= 0.6 is 0 Å². The first kappa shape index (κ1) is 18.3. The molecular formula is C20H17FN2O4. The average Bonchev–Trinajstić information content (AvgIpc) is 3.05. The van der Waals surface area contributed by atoms with Gasteiger partial charge in [-0.1, -0.05) is 24.3 Å². The highest BCUT2D eigenvalue weighted by Crippen LogP contribution is 2.22. The highest BCUT2D eigenvalue weighted by Gasteiger charge is 2.20. The smallest absolute Gasteiger partial charge is 0.361 e. The third-order valence-electron chi connectivity index (χ3n) is 3.74. The molecule has 7 heteroatoms. The minimum atomic E-state index is -0.794. The summed E-state index contributed by atoms with van der Waals surface area (Å²) in [6, 6.07) is 13.5. The number of oxazole rings is 1. The SMILES string of the molecule is Cc1ccc(NC(=O)COC(=O)c2nc(-c3ccccc3)oc2C)c(F)c1. The number of nitrogens with one attached hydrogen (secondary N) is 1. The number of esters is 1. The second kappa shape index (κ2) is 7.82. The van der Waals surface area contributed by atoms with E-state index in [1.54, 1.807) is 32.0 Å². The lowest BCUT2D eigenvalue weighted by Crippen LogP contribution is -2.21. The molecule has 1 N–H and O–H groups in total. The zero-order valence-electron chi connectivity index (χ0n) is 14.8. The second-order valence-electron chi connectivity index (χ2n) is 5.90. The lowest BCUT2D eigenvalue weighted by Gasteiger charge is -2.07. The maximum Gasteiger partial charge on any atom is 0.361 e. The molecule has 0 aliphatic rings. The Bertz CT molecular complexity index is 983. The van der Waals surface area contributed by atoms with E-state index in [2.05, 4.69) is 10.3 Å². The highest BCUT2D eigenvalue weighted by molar-refractivity contribution is 5.95. The first-order valence-electron chi connectivity index (χ1n) is 8.20. The van der Waals surface area contributed by atoms with Gasteiger partial charge in [0.05, 0.1) is 5.69 Å². The molecule has 0 spiro atoms. The van der Waals surface area contributed by atoms with Crippen molar-refractivity contribution in [1.29, 1.82) is 0 Å². The minimum Gasteiger partial charge on any atom is -0.451 e. The van der Waals surface area contributed by atoms with E-state index in [4.69, 9.17) is 9.15 Å². The first-order chi connectivity index (χ1) is 12.9. The van der Waals surface area contributed by atoms with E-state index in [0.29, 0.717) is 5.56 Å². The van der Waals surface area contributed by atoms with Crippen molar-refractivity contribution in [2.75, 3.05) is 11.9 Å². The Labute approximate surface area is 155 Å². The molecule has 0 fully saturated rings. The normalized spacial score (nSPS) is 10.5. The van der Waals surface area contributed by atoms with Crippen molar-refractivity contribution < 1.29 is 23.1 Å². The summed E-state index contributed by atoms with van der Waals surface area (Å²) in [6.45, 7) is 2.75. The maximum atomic E-state index is 13.7. The summed E-state index contributed by atoms with van der Waals surface area (Å²) in [4.78, 5) is 28.2. The number of carbonyl (C=O) groups excluding carboxylic acids is 2. The van der Waals surface area contributed by atoms with Crippen LogP contribution in [0.1, 0.15) is 21.8 Å². The van der Waals surface area contributed by atoms with Crippen molar-refractivity contribution in [2.24, 2.45) is 0 Å². The number of nitrogens with zero attached hydrogens (tertiary/aromatic N) is 1. The van der Waals surface area contributed by atoms with Gasteiger partial charge in [0.2, 0.25) is 5.89 Å². The maximum absolute atomic E-state index is 13.7. The number of carbonyl (C=O) groups is 2.